The first-order valence-corrected chi connectivity index (χ1v) is 12.6. The largest absolute Gasteiger partial charge is 0.493 e. The Bertz CT molecular complexity index is 1460. The zero-order chi connectivity index (χ0) is 25.7. The molecule has 0 spiro atoms. The zero-order valence-electron chi connectivity index (χ0n) is 20.4. The first-order valence-electron chi connectivity index (χ1n) is 11.1. The number of hydrogen-bond donors (Lipinski definition) is 3. The number of methoxy groups -OCH3 is 2. The molecular weight excluding hydrogens is 478 g/mol. The van der Waals surface area contributed by atoms with Gasteiger partial charge in [-0.05, 0) is 62.4 Å². The van der Waals surface area contributed by atoms with E-state index in [2.05, 4.69) is 25.3 Å². The van der Waals surface area contributed by atoms with Gasteiger partial charge in [0.25, 0.3) is 10.0 Å². The van der Waals surface area contributed by atoms with Crippen molar-refractivity contribution in [2.75, 3.05) is 29.6 Å². The predicted octanol–water partition coefficient (Wildman–Crippen LogP) is 5.40. The van der Waals surface area contributed by atoms with E-state index >= 15 is 0 Å². The molecule has 0 aliphatic rings. The Labute approximate surface area is 210 Å². The van der Waals surface area contributed by atoms with Gasteiger partial charge in [-0.15, -0.1) is 0 Å². The smallest absolute Gasteiger partial charge is 0.262 e. The molecule has 4 rings (SSSR count). The van der Waals surface area contributed by atoms with Gasteiger partial charge in [-0.2, -0.15) is 0 Å². The van der Waals surface area contributed by atoms with Crippen LogP contribution in [0.1, 0.15) is 11.4 Å². The summed E-state index contributed by atoms with van der Waals surface area (Å²) in [6.07, 6.45) is 0. The monoisotopic (exact) mass is 505 g/mol. The number of aryl methyl sites for hydroxylation is 2. The topological polar surface area (TPSA) is 114 Å². The van der Waals surface area contributed by atoms with Crippen LogP contribution in [0.25, 0.3) is 0 Å². The van der Waals surface area contributed by atoms with Crippen molar-refractivity contribution in [3.63, 3.8) is 0 Å². The van der Waals surface area contributed by atoms with Gasteiger partial charge >= 0.3 is 0 Å². The molecule has 1 heterocycles. The highest BCUT2D eigenvalue weighted by atomic mass is 32.2. The van der Waals surface area contributed by atoms with Crippen molar-refractivity contribution < 1.29 is 17.9 Å². The van der Waals surface area contributed by atoms with E-state index in [0.717, 1.165) is 11.4 Å². The molecule has 3 aromatic carbocycles. The molecule has 0 aliphatic carbocycles. The average Bonchev–Trinajstić information content (AvgIpc) is 2.85. The minimum Gasteiger partial charge on any atom is -0.493 e. The molecule has 0 bridgehead atoms. The number of aromatic nitrogens is 2. The highest BCUT2D eigenvalue weighted by molar-refractivity contribution is 7.92. The van der Waals surface area contributed by atoms with Gasteiger partial charge in [0.1, 0.15) is 17.5 Å². The molecular formula is C26H27N5O4S. The Morgan fingerprint density at radius 3 is 1.75 bits per heavy atom. The lowest BCUT2D eigenvalue weighted by Crippen LogP contribution is -2.13. The van der Waals surface area contributed by atoms with Crippen LogP contribution < -0.4 is 24.8 Å². The second-order valence-electron chi connectivity index (χ2n) is 8.00. The molecule has 3 N–H and O–H groups in total. The number of rotatable bonds is 9. The number of nitrogens with zero attached hydrogens (tertiary/aromatic N) is 2. The molecule has 0 unspecified atom stereocenters. The molecule has 186 valence electrons. The quantitative estimate of drug-likeness (QED) is 0.277. The summed E-state index contributed by atoms with van der Waals surface area (Å²) >= 11 is 0. The third kappa shape index (κ3) is 6.02. The molecule has 4 aromatic rings. The lowest BCUT2D eigenvalue weighted by atomic mass is 10.2. The highest BCUT2D eigenvalue weighted by Gasteiger charge is 2.17. The zero-order valence-corrected chi connectivity index (χ0v) is 21.2. The summed E-state index contributed by atoms with van der Waals surface area (Å²) in [5.41, 5.74) is 3.26. The lowest BCUT2D eigenvalue weighted by molar-refractivity contribution is 0.354. The van der Waals surface area contributed by atoms with Crippen molar-refractivity contribution in [1.29, 1.82) is 0 Å². The molecule has 0 saturated heterocycles. The van der Waals surface area contributed by atoms with Crippen molar-refractivity contribution in [3.8, 4) is 11.5 Å². The van der Waals surface area contributed by atoms with E-state index in [0.29, 0.717) is 34.6 Å². The summed E-state index contributed by atoms with van der Waals surface area (Å²) in [4.78, 5) is 8.95. The van der Waals surface area contributed by atoms with Crippen LogP contribution in [-0.4, -0.2) is 32.6 Å². The second kappa shape index (κ2) is 10.5. The van der Waals surface area contributed by atoms with Crippen LogP contribution >= 0.6 is 0 Å². The van der Waals surface area contributed by atoms with Gasteiger partial charge in [-0.1, -0.05) is 17.7 Å². The minimum atomic E-state index is -3.82. The van der Waals surface area contributed by atoms with Crippen molar-refractivity contribution in [2.45, 2.75) is 18.7 Å². The number of benzene rings is 3. The maximum atomic E-state index is 12.8. The normalized spacial score (nSPS) is 11.0. The summed E-state index contributed by atoms with van der Waals surface area (Å²) in [5.74, 6) is 2.65. The van der Waals surface area contributed by atoms with Crippen molar-refractivity contribution in [3.05, 3.63) is 84.2 Å². The van der Waals surface area contributed by atoms with Gasteiger partial charge < -0.3 is 20.1 Å². The fraction of sp³-hybridized carbons (Fsp3) is 0.154. The third-order valence-electron chi connectivity index (χ3n) is 5.24. The second-order valence-corrected chi connectivity index (χ2v) is 9.68. The molecule has 0 amide bonds. The molecule has 1 aromatic heterocycles. The summed E-state index contributed by atoms with van der Waals surface area (Å²) in [6, 6.07) is 21.1. The summed E-state index contributed by atoms with van der Waals surface area (Å²) in [6.45, 7) is 3.85. The van der Waals surface area contributed by atoms with Crippen LogP contribution in [-0.2, 0) is 10.0 Å². The number of ether oxygens (including phenoxy) is 2. The molecule has 0 saturated carbocycles. The first-order chi connectivity index (χ1) is 17.3. The standard InChI is InChI=1S/C26H27N5O4S/c1-17-5-7-19(8-6-17)29-25-16-26(28-18(2)27-25)30-20-9-11-21(12-10-20)31-36(32,33)22-13-14-23(34-3)24(15-22)35-4/h5-16,31H,1-4H3,(H2,27,28,29,30). The van der Waals surface area contributed by atoms with Crippen molar-refractivity contribution in [2.24, 2.45) is 0 Å². The fourth-order valence-electron chi connectivity index (χ4n) is 3.45. The summed E-state index contributed by atoms with van der Waals surface area (Å²) < 4.78 is 38.6. The van der Waals surface area contributed by atoms with Crippen molar-refractivity contribution in [1.82, 2.24) is 9.97 Å². The Balaban J connectivity index is 1.46. The van der Waals surface area contributed by atoms with E-state index in [1.807, 2.05) is 38.1 Å². The van der Waals surface area contributed by atoms with Crippen LogP contribution in [0.4, 0.5) is 28.7 Å². The molecule has 10 heteroatoms. The Kier molecular flexibility index (Phi) is 7.25. The van der Waals surface area contributed by atoms with Crippen LogP contribution in [0.15, 0.2) is 77.7 Å². The van der Waals surface area contributed by atoms with Crippen LogP contribution in [0, 0.1) is 13.8 Å². The molecule has 0 aliphatic heterocycles. The van der Waals surface area contributed by atoms with Crippen molar-refractivity contribution >= 4 is 38.7 Å². The Hall–Kier alpha value is -4.31. The Morgan fingerprint density at radius 1 is 0.667 bits per heavy atom. The number of nitrogens with one attached hydrogen (secondary N) is 3. The van der Waals surface area contributed by atoms with E-state index in [4.69, 9.17) is 9.47 Å². The SMILES string of the molecule is COc1ccc(S(=O)(=O)Nc2ccc(Nc3cc(Nc4ccc(C)cc4)nc(C)n3)cc2)cc1OC. The van der Waals surface area contributed by atoms with Gasteiger partial charge in [0.2, 0.25) is 0 Å². The molecule has 0 fully saturated rings. The Morgan fingerprint density at radius 2 is 1.19 bits per heavy atom. The molecule has 0 radical (unpaired) electrons. The molecule has 36 heavy (non-hydrogen) atoms. The minimum absolute atomic E-state index is 0.0624. The maximum absolute atomic E-state index is 12.8. The van der Waals surface area contributed by atoms with Gasteiger partial charge in [0.05, 0.1) is 19.1 Å². The van der Waals surface area contributed by atoms with E-state index in [-0.39, 0.29) is 4.90 Å². The van der Waals surface area contributed by atoms with Gasteiger partial charge in [0.15, 0.2) is 11.5 Å². The van der Waals surface area contributed by atoms with E-state index in [1.165, 1.54) is 31.9 Å². The number of anilines is 5. The first kappa shape index (κ1) is 24.8. The fourth-order valence-corrected chi connectivity index (χ4v) is 4.52. The van der Waals surface area contributed by atoms with Crippen LogP contribution in [0.5, 0.6) is 11.5 Å². The van der Waals surface area contributed by atoms with Gasteiger partial charge in [0, 0.05) is 29.2 Å². The van der Waals surface area contributed by atoms with Gasteiger partial charge in [-0.3, -0.25) is 4.72 Å². The van der Waals surface area contributed by atoms with Crippen LogP contribution in [0.2, 0.25) is 0 Å². The van der Waals surface area contributed by atoms with Gasteiger partial charge in [-0.25, -0.2) is 18.4 Å². The summed E-state index contributed by atoms with van der Waals surface area (Å²) in [7, 11) is -0.879. The third-order valence-corrected chi connectivity index (χ3v) is 6.62. The molecule has 0 atom stereocenters. The number of hydrogen-bond acceptors (Lipinski definition) is 8. The predicted molar refractivity (Wildman–Crippen MR) is 141 cm³/mol. The highest BCUT2D eigenvalue weighted by Crippen LogP contribution is 2.30. The summed E-state index contributed by atoms with van der Waals surface area (Å²) in [5, 5.41) is 6.51. The van der Waals surface area contributed by atoms with E-state index in [9.17, 15) is 8.42 Å². The maximum Gasteiger partial charge on any atom is 0.262 e. The lowest BCUT2D eigenvalue weighted by Gasteiger charge is -2.13. The van der Waals surface area contributed by atoms with Crippen LogP contribution in [0.3, 0.4) is 0 Å². The number of sulfonamides is 1. The average molecular weight is 506 g/mol. The van der Waals surface area contributed by atoms with E-state index < -0.39 is 10.0 Å². The van der Waals surface area contributed by atoms with E-state index in [1.54, 1.807) is 36.4 Å². The molecule has 9 nitrogen and oxygen atoms in total.